The maximum Gasteiger partial charge on any atom is 0.417 e. The number of alkyl halides is 3. The molecule has 0 aliphatic carbocycles. The summed E-state index contributed by atoms with van der Waals surface area (Å²) in [5, 5.41) is 7.99. The Hall–Kier alpha value is -2.52. The molecule has 29 heavy (non-hydrogen) atoms. The van der Waals surface area contributed by atoms with Gasteiger partial charge in [0, 0.05) is 28.4 Å². The van der Waals surface area contributed by atoms with Gasteiger partial charge < -0.3 is 4.98 Å². The molecule has 1 N–H and O–H groups in total. The molecular formula is C19H14ClF3N4OS. The number of hydrogen-bond acceptors (Lipinski definition) is 4. The van der Waals surface area contributed by atoms with Gasteiger partial charge in [-0.15, -0.1) is 10.2 Å². The molecule has 4 aromatic rings. The number of aromatic amines is 1. The van der Waals surface area contributed by atoms with Gasteiger partial charge in [-0.25, -0.2) is 0 Å². The van der Waals surface area contributed by atoms with Gasteiger partial charge >= 0.3 is 6.18 Å². The van der Waals surface area contributed by atoms with Gasteiger partial charge in [0.25, 0.3) is 0 Å². The van der Waals surface area contributed by atoms with Crippen LogP contribution in [-0.4, -0.2) is 30.6 Å². The highest BCUT2D eigenvalue weighted by Crippen LogP contribution is 2.34. The van der Waals surface area contributed by atoms with Gasteiger partial charge in [-0.3, -0.25) is 9.20 Å². The number of Topliss-reactive ketones (excluding diaryl/α,β-unsaturated/α-hetero) is 1. The molecule has 0 saturated heterocycles. The molecule has 0 spiro atoms. The van der Waals surface area contributed by atoms with Crippen molar-refractivity contribution in [1.29, 1.82) is 0 Å². The molecule has 0 unspecified atom stereocenters. The first kappa shape index (κ1) is 19.8. The molecule has 4 rings (SSSR count). The minimum Gasteiger partial charge on any atom is -0.358 e. The average Bonchev–Trinajstić information content (AvgIpc) is 3.20. The van der Waals surface area contributed by atoms with E-state index in [0.717, 1.165) is 40.6 Å². The Kier molecular flexibility index (Phi) is 4.82. The fourth-order valence-corrected chi connectivity index (χ4v) is 4.31. The fourth-order valence-electron chi connectivity index (χ4n) is 3.18. The number of para-hydroxylation sites is 1. The van der Waals surface area contributed by atoms with Crippen LogP contribution in [0.25, 0.3) is 16.6 Å². The zero-order valence-corrected chi connectivity index (χ0v) is 16.8. The second kappa shape index (κ2) is 7.07. The van der Waals surface area contributed by atoms with Crippen LogP contribution in [0.4, 0.5) is 13.2 Å². The number of thioether (sulfide) groups is 1. The average molecular weight is 439 g/mol. The lowest BCUT2D eigenvalue weighted by atomic mass is 10.1. The lowest BCUT2D eigenvalue weighted by Crippen LogP contribution is -2.15. The lowest BCUT2D eigenvalue weighted by Gasteiger charge is -2.11. The first-order valence-electron chi connectivity index (χ1n) is 8.56. The minimum absolute atomic E-state index is 0.102. The number of fused-ring (bicyclic) bond motifs is 2. The molecular weight excluding hydrogens is 425 g/mol. The Morgan fingerprint density at radius 2 is 2.00 bits per heavy atom. The minimum atomic E-state index is -4.56. The number of pyridine rings is 1. The van der Waals surface area contributed by atoms with Crippen LogP contribution in [0.3, 0.4) is 0 Å². The lowest BCUT2D eigenvalue weighted by molar-refractivity contribution is -0.137. The van der Waals surface area contributed by atoms with Crippen molar-refractivity contribution < 1.29 is 18.0 Å². The van der Waals surface area contributed by atoms with E-state index < -0.39 is 17.0 Å². The molecule has 5 nitrogen and oxygen atoms in total. The Morgan fingerprint density at radius 1 is 1.28 bits per heavy atom. The third-order valence-electron chi connectivity index (χ3n) is 4.55. The summed E-state index contributed by atoms with van der Waals surface area (Å²) in [6.07, 6.45) is -3.68. The van der Waals surface area contributed by atoms with Crippen LogP contribution >= 0.6 is 23.4 Å². The van der Waals surface area contributed by atoms with Gasteiger partial charge in [-0.1, -0.05) is 41.6 Å². The Labute approximate surface area is 172 Å². The predicted octanol–water partition coefficient (Wildman–Crippen LogP) is 5.55. The second-order valence-electron chi connectivity index (χ2n) is 6.55. The number of hydrogen-bond donors (Lipinski definition) is 1. The summed E-state index contributed by atoms with van der Waals surface area (Å²) in [6, 6.07) is 8.25. The van der Waals surface area contributed by atoms with Gasteiger partial charge in [-0.05, 0) is 26.0 Å². The highest BCUT2D eigenvalue weighted by atomic mass is 35.5. The summed E-state index contributed by atoms with van der Waals surface area (Å²) >= 11 is 6.98. The molecule has 0 saturated carbocycles. The van der Waals surface area contributed by atoms with Gasteiger partial charge in [0.1, 0.15) is 0 Å². The quantitative estimate of drug-likeness (QED) is 0.335. The number of aromatic nitrogens is 4. The number of carbonyl (C=O) groups excluding carboxylic acids is 1. The van der Waals surface area contributed by atoms with Crippen molar-refractivity contribution in [3.8, 4) is 0 Å². The summed E-state index contributed by atoms with van der Waals surface area (Å²) in [5.41, 5.74) is 1.33. The monoisotopic (exact) mass is 438 g/mol. The van der Waals surface area contributed by atoms with Crippen molar-refractivity contribution in [2.24, 2.45) is 0 Å². The van der Waals surface area contributed by atoms with Crippen LogP contribution in [-0.2, 0) is 6.18 Å². The molecule has 3 aromatic heterocycles. The SMILES string of the molecule is Cc1[nH]c2ccccc2c1C(=O)[C@H](C)Sc1nnc2c(Cl)cc(C(F)(F)F)cn12. The van der Waals surface area contributed by atoms with Crippen LogP contribution in [0.1, 0.15) is 28.5 Å². The number of halogens is 4. The molecule has 0 fully saturated rings. The van der Waals surface area contributed by atoms with E-state index in [9.17, 15) is 18.0 Å². The number of carbonyl (C=O) groups is 1. The van der Waals surface area contributed by atoms with Gasteiger partial charge in [-0.2, -0.15) is 13.2 Å². The zero-order valence-electron chi connectivity index (χ0n) is 15.2. The van der Waals surface area contributed by atoms with Gasteiger partial charge in [0.2, 0.25) is 0 Å². The number of benzene rings is 1. The van der Waals surface area contributed by atoms with Crippen molar-refractivity contribution in [2.45, 2.75) is 30.4 Å². The van der Waals surface area contributed by atoms with Crippen LogP contribution in [0.15, 0.2) is 41.7 Å². The van der Waals surface area contributed by atoms with Crippen LogP contribution in [0, 0.1) is 6.92 Å². The summed E-state index contributed by atoms with van der Waals surface area (Å²) in [4.78, 5) is 16.3. The Bertz CT molecular complexity index is 1250. The van der Waals surface area contributed by atoms with Crippen molar-refractivity contribution in [1.82, 2.24) is 19.6 Å². The normalized spacial score (nSPS) is 13.3. The molecule has 0 amide bonds. The van der Waals surface area contributed by atoms with Crippen molar-refractivity contribution >= 4 is 45.7 Å². The summed E-state index contributed by atoms with van der Waals surface area (Å²) in [5.74, 6) is -0.153. The summed E-state index contributed by atoms with van der Waals surface area (Å²) < 4.78 is 40.5. The highest BCUT2D eigenvalue weighted by molar-refractivity contribution is 8.00. The van der Waals surface area contributed by atoms with Gasteiger partial charge in [0.05, 0.1) is 15.8 Å². The molecule has 0 aliphatic rings. The van der Waals surface area contributed by atoms with Crippen LogP contribution in [0.5, 0.6) is 0 Å². The smallest absolute Gasteiger partial charge is 0.358 e. The molecule has 150 valence electrons. The third-order valence-corrected chi connectivity index (χ3v) is 5.88. The van der Waals surface area contributed by atoms with Crippen molar-refractivity contribution in [3.05, 3.63) is 58.4 Å². The first-order chi connectivity index (χ1) is 13.7. The number of rotatable bonds is 4. The standard InChI is InChI=1S/C19H14ClF3N4OS/c1-9-15(12-5-3-4-6-14(12)24-9)16(28)10(2)29-18-26-25-17-13(20)7-11(8-27(17)18)19(21,22)23/h3-8,10,24H,1-2H3/t10-/m0/s1. The molecule has 0 bridgehead atoms. The maximum absolute atomic E-state index is 13.1. The number of nitrogens with one attached hydrogen (secondary N) is 1. The van der Waals surface area contributed by atoms with E-state index in [2.05, 4.69) is 15.2 Å². The number of H-pyrrole nitrogens is 1. The van der Waals surface area contributed by atoms with E-state index in [1.54, 1.807) is 6.92 Å². The fraction of sp³-hybridized carbons (Fsp3) is 0.211. The topological polar surface area (TPSA) is 63.0 Å². The van der Waals surface area contributed by atoms with Crippen molar-refractivity contribution in [2.75, 3.05) is 0 Å². The van der Waals surface area contributed by atoms with Gasteiger partial charge in [0.15, 0.2) is 16.6 Å². The molecule has 0 aliphatic heterocycles. The number of nitrogens with zero attached hydrogens (tertiary/aromatic N) is 3. The maximum atomic E-state index is 13.1. The predicted molar refractivity (Wildman–Crippen MR) is 106 cm³/mol. The van der Waals surface area contributed by atoms with E-state index in [1.807, 2.05) is 31.2 Å². The van der Waals surface area contributed by atoms with E-state index in [4.69, 9.17) is 11.6 Å². The highest BCUT2D eigenvalue weighted by Gasteiger charge is 2.32. The molecule has 0 radical (unpaired) electrons. The first-order valence-corrected chi connectivity index (χ1v) is 9.82. The molecule has 3 heterocycles. The zero-order chi connectivity index (χ0) is 20.9. The Balaban J connectivity index is 1.70. The van der Waals surface area contributed by atoms with E-state index in [-0.39, 0.29) is 21.6 Å². The molecule has 1 aromatic carbocycles. The van der Waals surface area contributed by atoms with E-state index in [1.165, 1.54) is 4.40 Å². The van der Waals surface area contributed by atoms with E-state index in [0.29, 0.717) is 5.56 Å². The summed E-state index contributed by atoms with van der Waals surface area (Å²) in [7, 11) is 0. The number of ketones is 1. The molecule has 1 atom stereocenters. The Morgan fingerprint density at radius 3 is 2.72 bits per heavy atom. The second-order valence-corrected chi connectivity index (χ2v) is 8.26. The molecule has 10 heteroatoms. The van der Waals surface area contributed by atoms with E-state index >= 15 is 0 Å². The van der Waals surface area contributed by atoms with Crippen molar-refractivity contribution in [3.63, 3.8) is 0 Å². The summed E-state index contributed by atoms with van der Waals surface area (Å²) in [6.45, 7) is 3.50. The van der Waals surface area contributed by atoms with Crippen LogP contribution in [0.2, 0.25) is 5.02 Å². The largest absolute Gasteiger partial charge is 0.417 e. The number of aryl methyl sites for hydroxylation is 1. The van der Waals surface area contributed by atoms with Crippen LogP contribution < -0.4 is 0 Å². The third kappa shape index (κ3) is 3.49.